The topological polar surface area (TPSA) is 32.3 Å². The van der Waals surface area contributed by atoms with Gasteiger partial charge in [-0.2, -0.15) is 0 Å². The van der Waals surface area contributed by atoms with Gasteiger partial charge in [0.2, 0.25) is 5.91 Å². The van der Waals surface area contributed by atoms with Crippen molar-refractivity contribution in [1.82, 2.24) is 10.2 Å². The van der Waals surface area contributed by atoms with E-state index in [4.69, 9.17) is 0 Å². The number of nitrogens with one attached hydrogen (secondary N) is 1. The normalized spacial score (nSPS) is 35.4. The Hall–Kier alpha value is -0.570. The summed E-state index contributed by atoms with van der Waals surface area (Å²) in [5, 5.41) is 3.45. The average Bonchev–Trinajstić information content (AvgIpc) is 2.59. The Labute approximate surface area is 98.6 Å². The third-order valence-electron chi connectivity index (χ3n) is 3.94. The molecule has 0 radical (unpaired) electrons. The Morgan fingerprint density at radius 3 is 2.75 bits per heavy atom. The van der Waals surface area contributed by atoms with Crippen LogP contribution in [0.4, 0.5) is 0 Å². The fourth-order valence-electron chi connectivity index (χ4n) is 3.07. The Balaban J connectivity index is 1.82. The van der Waals surface area contributed by atoms with Crippen LogP contribution >= 0.6 is 0 Å². The second-order valence-corrected chi connectivity index (χ2v) is 5.59. The van der Waals surface area contributed by atoms with Gasteiger partial charge < -0.3 is 10.2 Å². The molecular weight excluding hydrogens is 200 g/mol. The second-order valence-electron chi connectivity index (χ2n) is 5.59. The molecule has 2 saturated heterocycles. The van der Waals surface area contributed by atoms with Crippen LogP contribution in [0.5, 0.6) is 0 Å². The molecule has 2 heterocycles. The quantitative estimate of drug-likeness (QED) is 0.775. The number of rotatable bonds is 2. The molecule has 1 N–H and O–H groups in total. The molecule has 0 bridgehead atoms. The number of piperidine rings is 1. The van der Waals surface area contributed by atoms with Gasteiger partial charge in [0.05, 0.1) is 0 Å². The summed E-state index contributed by atoms with van der Waals surface area (Å²) < 4.78 is 0. The zero-order valence-electron chi connectivity index (χ0n) is 10.5. The van der Waals surface area contributed by atoms with Crippen molar-refractivity contribution in [2.24, 2.45) is 5.92 Å². The molecule has 1 amide bonds. The number of hydrogen-bond acceptors (Lipinski definition) is 2. The number of likely N-dealkylation sites (tertiary alicyclic amines) is 1. The molecule has 0 aromatic heterocycles. The number of carbonyl (C=O) groups is 1. The standard InChI is InChI=1S/C13H24N2O/c1-10-7-11(2)15(9-10)13(16)8-12-5-3-4-6-14-12/h10-12,14H,3-9H2,1-2H3. The number of hydrogen-bond donors (Lipinski definition) is 1. The van der Waals surface area contributed by atoms with Crippen molar-refractivity contribution in [1.29, 1.82) is 0 Å². The molecule has 3 heteroatoms. The molecule has 0 aromatic carbocycles. The maximum absolute atomic E-state index is 12.2. The molecule has 3 nitrogen and oxygen atoms in total. The summed E-state index contributed by atoms with van der Waals surface area (Å²) in [5.74, 6) is 1.04. The van der Waals surface area contributed by atoms with Crippen LogP contribution in [0.2, 0.25) is 0 Å². The van der Waals surface area contributed by atoms with Gasteiger partial charge in [-0.3, -0.25) is 4.79 Å². The van der Waals surface area contributed by atoms with Crippen LogP contribution in [0.3, 0.4) is 0 Å². The largest absolute Gasteiger partial charge is 0.340 e. The monoisotopic (exact) mass is 224 g/mol. The lowest BCUT2D eigenvalue weighted by atomic mass is 10.0. The van der Waals surface area contributed by atoms with E-state index in [2.05, 4.69) is 24.1 Å². The molecule has 0 aromatic rings. The molecule has 3 unspecified atom stereocenters. The van der Waals surface area contributed by atoms with Crippen LogP contribution in [0.15, 0.2) is 0 Å². The van der Waals surface area contributed by atoms with Crippen molar-refractivity contribution in [2.45, 2.75) is 58.0 Å². The van der Waals surface area contributed by atoms with E-state index in [0.717, 1.165) is 13.1 Å². The zero-order chi connectivity index (χ0) is 11.5. The second kappa shape index (κ2) is 5.17. The minimum absolute atomic E-state index is 0.358. The smallest absolute Gasteiger partial charge is 0.224 e. The van der Waals surface area contributed by atoms with Crippen molar-refractivity contribution in [3.05, 3.63) is 0 Å². The molecule has 92 valence electrons. The first-order chi connectivity index (χ1) is 7.66. The van der Waals surface area contributed by atoms with E-state index < -0.39 is 0 Å². The van der Waals surface area contributed by atoms with Crippen molar-refractivity contribution in [3.8, 4) is 0 Å². The molecule has 3 atom stereocenters. The summed E-state index contributed by atoms with van der Waals surface area (Å²) in [6.45, 7) is 6.47. The summed E-state index contributed by atoms with van der Waals surface area (Å²) in [7, 11) is 0. The van der Waals surface area contributed by atoms with Gasteiger partial charge in [0.25, 0.3) is 0 Å². The zero-order valence-corrected chi connectivity index (χ0v) is 10.5. The number of amides is 1. The SMILES string of the molecule is CC1CC(C)N(C(=O)CC2CCCCN2)C1. The van der Waals surface area contributed by atoms with Gasteiger partial charge in [0.1, 0.15) is 0 Å². The summed E-state index contributed by atoms with van der Waals surface area (Å²) in [4.78, 5) is 14.2. The van der Waals surface area contributed by atoms with Crippen LogP contribution in [-0.2, 0) is 4.79 Å². The Bertz CT molecular complexity index is 248. The van der Waals surface area contributed by atoms with Crippen LogP contribution < -0.4 is 5.32 Å². The first-order valence-electron chi connectivity index (χ1n) is 6.69. The van der Waals surface area contributed by atoms with Crippen molar-refractivity contribution in [3.63, 3.8) is 0 Å². The van der Waals surface area contributed by atoms with E-state index in [9.17, 15) is 4.79 Å². The van der Waals surface area contributed by atoms with Crippen LogP contribution in [0.25, 0.3) is 0 Å². The summed E-state index contributed by atoms with van der Waals surface area (Å²) in [6.07, 6.45) is 5.59. The number of carbonyl (C=O) groups excluding carboxylic acids is 1. The van der Waals surface area contributed by atoms with Gasteiger partial charge in [0.15, 0.2) is 0 Å². The molecule has 2 rings (SSSR count). The lowest BCUT2D eigenvalue weighted by molar-refractivity contribution is -0.132. The van der Waals surface area contributed by atoms with Crippen molar-refractivity contribution < 1.29 is 4.79 Å². The third-order valence-corrected chi connectivity index (χ3v) is 3.94. The predicted octanol–water partition coefficient (Wildman–Crippen LogP) is 1.78. The lowest BCUT2D eigenvalue weighted by Crippen LogP contribution is -2.41. The number of nitrogens with zero attached hydrogens (tertiary/aromatic N) is 1. The molecular formula is C13H24N2O. The third kappa shape index (κ3) is 2.76. The maximum atomic E-state index is 12.2. The van der Waals surface area contributed by atoms with E-state index in [1.165, 1.54) is 25.7 Å². The molecule has 2 aliphatic rings. The molecule has 0 aliphatic carbocycles. The van der Waals surface area contributed by atoms with E-state index in [-0.39, 0.29) is 0 Å². The molecule has 16 heavy (non-hydrogen) atoms. The van der Waals surface area contributed by atoms with E-state index in [0.29, 0.717) is 30.3 Å². The van der Waals surface area contributed by atoms with Crippen molar-refractivity contribution in [2.75, 3.05) is 13.1 Å². The van der Waals surface area contributed by atoms with Gasteiger partial charge in [-0.05, 0) is 38.6 Å². The van der Waals surface area contributed by atoms with Gasteiger partial charge in [0, 0.05) is 25.0 Å². The van der Waals surface area contributed by atoms with Crippen molar-refractivity contribution >= 4 is 5.91 Å². The van der Waals surface area contributed by atoms with Gasteiger partial charge in [-0.25, -0.2) is 0 Å². The minimum atomic E-state index is 0.358. The molecule has 0 spiro atoms. The van der Waals surface area contributed by atoms with Crippen LogP contribution in [-0.4, -0.2) is 36.0 Å². The highest BCUT2D eigenvalue weighted by molar-refractivity contribution is 5.77. The summed E-state index contributed by atoms with van der Waals surface area (Å²) in [5.41, 5.74) is 0. The Morgan fingerprint density at radius 1 is 1.38 bits per heavy atom. The van der Waals surface area contributed by atoms with E-state index in [1.54, 1.807) is 0 Å². The van der Waals surface area contributed by atoms with Crippen LogP contribution in [0, 0.1) is 5.92 Å². The predicted molar refractivity (Wildman–Crippen MR) is 65.2 cm³/mol. The Kier molecular flexibility index (Phi) is 3.85. The van der Waals surface area contributed by atoms with Crippen LogP contribution in [0.1, 0.15) is 46.0 Å². The first kappa shape index (κ1) is 11.9. The van der Waals surface area contributed by atoms with Gasteiger partial charge in [-0.15, -0.1) is 0 Å². The fraction of sp³-hybridized carbons (Fsp3) is 0.923. The molecule has 2 fully saturated rings. The van der Waals surface area contributed by atoms with Gasteiger partial charge in [-0.1, -0.05) is 13.3 Å². The highest BCUT2D eigenvalue weighted by Crippen LogP contribution is 2.24. The first-order valence-corrected chi connectivity index (χ1v) is 6.69. The average molecular weight is 224 g/mol. The maximum Gasteiger partial charge on any atom is 0.224 e. The van der Waals surface area contributed by atoms with E-state index in [1.807, 2.05) is 0 Å². The van der Waals surface area contributed by atoms with E-state index >= 15 is 0 Å². The Morgan fingerprint density at radius 2 is 2.19 bits per heavy atom. The summed E-state index contributed by atoms with van der Waals surface area (Å²) in [6, 6.07) is 0.885. The highest BCUT2D eigenvalue weighted by atomic mass is 16.2. The highest BCUT2D eigenvalue weighted by Gasteiger charge is 2.30. The molecule has 2 aliphatic heterocycles. The molecule has 0 saturated carbocycles. The van der Waals surface area contributed by atoms with Gasteiger partial charge >= 0.3 is 0 Å². The lowest BCUT2D eigenvalue weighted by Gasteiger charge is -2.27. The summed E-state index contributed by atoms with van der Waals surface area (Å²) >= 11 is 0. The minimum Gasteiger partial charge on any atom is -0.340 e. The fourth-order valence-corrected chi connectivity index (χ4v) is 3.07.